The molecule has 0 aromatic heterocycles. The maximum atomic E-state index is 11.3. The van der Waals surface area contributed by atoms with Crippen molar-refractivity contribution in [3.05, 3.63) is 12.2 Å². The third-order valence-electron chi connectivity index (χ3n) is 2.48. The van der Waals surface area contributed by atoms with Gasteiger partial charge in [0.25, 0.3) is 0 Å². The zero-order valence-electron chi connectivity index (χ0n) is 11.2. The van der Waals surface area contributed by atoms with Crippen molar-refractivity contribution < 1.29 is 47.6 Å². The quantitative estimate of drug-likeness (QED) is 0.366. The lowest BCUT2D eigenvalue weighted by atomic mass is 10.4. The Morgan fingerprint density at radius 3 is 1.64 bits per heavy atom. The molecule has 0 N–H and O–H groups in total. The zero-order chi connectivity index (χ0) is 15.9. The van der Waals surface area contributed by atoms with Crippen molar-refractivity contribution in [2.24, 2.45) is 0 Å². The molecule has 0 aliphatic carbocycles. The van der Waals surface area contributed by atoms with E-state index < -0.39 is 36.5 Å². The lowest BCUT2D eigenvalue weighted by Gasteiger charge is -2.06. The summed E-state index contributed by atoms with van der Waals surface area (Å²) in [5.41, 5.74) is 0. The summed E-state index contributed by atoms with van der Waals surface area (Å²) in [7, 11) is 0. The van der Waals surface area contributed by atoms with Gasteiger partial charge in [0.05, 0.1) is 0 Å². The Morgan fingerprint density at radius 2 is 1.32 bits per heavy atom. The van der Waals surface area contributed by atoms with Crippen LogP contribution in [-0.4, -0.2) is 62.9 Å². The van der Waals surface area contributed by atoms with Crippen molar-refractivity contribution in [1.82, 2.24) is 0 Å². The minimum atomic E-state index is -0.822. The summed E-state index contributed by atoms with van der Waals surface area (Å²) in [6, 6.07) is 0. The van der Waals surface area contributed by atoms with Gasteiger partial charge in [-0.15, -0.1) is 0 Å². The van der Waals surface area contributed by atoms with Crippen LogP contribution in [0.3, 0.4) is 0 Å². The molecule has 0 aromatic rings. The molecule has 120 valence electrons. The summed E-state index contributed by atoms with van der Waals surface area (Å²) in [5, 5.41) is 0. The van der Waals surface area contributed by atoms with Crippen LogP contribution in [0.1, 0.15) is 0 Å². The van der Waals surface area contributed by atoms with Gasteiger partial charge >= 0.3 is 24.2 Å². The topological polar surface area (TPSA) is 124 Å². The second-order valence-corrected chi connectivity index (χ2v) is 4.20. The fourth-order valence-electron chi connectivity index (χ4n) is 1.48. The molecule has 10 heteroatoms. The third kappa shape index (κ3) is 4.96. The Hall–Kier alpha value is -2.78. The van der Waals surface area contributed by atoms with E-state index in [0.717, 1.165) is 12.2 Å². The average Bonchev–Trinajstić information content (AvgIpc) is 3.09. The van der Waals surface area contributed by atoms with Gasteiger partial charge in [0.2, 0.25) is 0 Å². The highest BCUT2D eigenvalue weighted by atomic mass is 16.8. The summed E-state index contributed by atoms with van der Waals surface area (Å²) in [4.78, 5) is 43.8. The minimum absolute atomic E-state index is 0.0000485. The van der Waals surface area contributed by atoms with E-state index >= 15 is 0 Å². The Labute approximate surface area is 123 Å². The third-order valence-corrected chi connectivity index (χ3v) is 2.48. The standard InChI is InChI=1S/C12H12O10/c13-9(17-3-7-5-19-11(15)21-7)1-2-10(14)18-4-8-6-20-12(16)22-8/h1-2,7-8H,3-6H2. The van der Waals surface area contributed by atoms with Crippen LogP contribution >= 0.6 is 0 Å². The first-order valence-electron chi connectivity index (χ1n) is 6.21. The second-order valence-electron chi connectivity index (χ2n) is 4.20. The lowest BCUT2D eigenvalue weighted by Crippen LogP contribution is -2.21. The number of ether oxygens (including phenoxy) is 6. The SMILES string of the molecule is O=C(C=CC(=O)OCC1COC(=O)O1)OCC1COC(=O)O1. The molecule has 2 unspecified atom stereocenters. The molecule has 2 heterocycles. The molecular weight excluding hydrogens is 304 g/mol. The molecule has 0 aromatic carbocycles. The number of carbonyl (C=O) groups is 4. The Kier molecular flexibility index (Phi) is 5.17. The second kappa shape index (κ2) is 7.29. The summed E-state index contributed by atoms with van der Waals surface area (Å²) < 4.78 is 27.7. The highest BCUT2D eigenvalue weighted by Gasteiger charge is 2.27. The first-order chi connectivity index (χ1) is 10.5. The summed E-state index contributed by atoms with van der Waals surface area (Å²) in [6.07, 6.45) is -1.25. The van der Waals surface area contributed by atoms with Gasteiger partial charge in [-0.3, -0.25) is 0 Å². The van der Waals surface area contributed by atoms with Crippen LogP contribution in [0.5, 0.6) is 0 Å². The van der Waals surface area contributed by atoms with Crippen LogP contribution in [0, 0.1) is 0 Å². The van der Waals surface area contributed by atoms with E-state index in [0.29, 0.717) is 0 Å². The molecule has 2 aliphatic heterocycles. The highest BCUT2D eigenvalue weighted by Crippen LogP contribution is 2.07. The molecular formula is C12H12O10. The van der Waals surface area contributed by atoms with Crippen LogP contribution in [0.25, 0.3) is 0 Å². The molecule has 2 saturated heterocycles. The fraction of sp³-hybridized carbons (Fsp3) is 0.500. The molecule has 10 nitrogen and oxygen atoms in total. The van der Waals surface area contributed by atoms with Crippen molar-refractivity contribution in [3.8, 4) is 0 Å². The van der Waals surface area contributed by atoms with E-state index in [4.69, 9.17) is 9.47 Å². The molecule has 0 bridgehead atoms. The van der Waals surface area contributed by atoms with Crippen molar-refractivity contribution in [1.29, 1.82) is 0 Å². The number of esters is 2. The predicted octanol–water partition coefficient (Wildman–Crippen LogP) is -0.300. The molecule has 2 atom stereocenters. The molecule has 22 heavy (non-hydrogen) atoms. The number of rotatable bonds is 6. The van der Waals surface area contributed by atoms with Crippen LogP contribution in [-0.2, 0) is 38.0 Å². The lowest BCUT2D eigenvalue weighted by molar-refractivity contribution is -0.142. The number of carbonyl (C=O) groups excluding carboxylic acids is 4. The molecule has 0 amide bonds. The summed E-state index contributed by atoms with van der Waals surface area (Å²) in [5.74, 6) is -1.62. The van der Waals surface area contributed by atoms with Crippen LogP contribution in [0.4, 0.5) is 9.59 Å². The van der Waals surface area contributed by atoms with Gasteiger partial charge in [-0.1, -0.05) is 0 Å². The van der Waals surface area contributed by atoms with Gasteiger partial charge in [0.15, 0.2) is 12.2 Å². The van der Waals surface area contributed by atoms with E-state index in [-0.39, 0.29) is 26.4 Å². The van der Waals surface area contributed by atoms with Gasteiger partial charge < -0.3 is 28.4 Å². The average molecular weight is 316 g/mol. The fourth-order valence-corrected chi connectivity index (χ4v) is 1.48. The molecule has 2 fully saturated rings. The summed E-state index contributed by atoms with van der Waals surface area (Å²) in [6.45, 7) is -0.362. The van der Waals surface area contributed by atoms with Crippen LogP contribution in [0.2, 0.25) is 0 Å². The maximum Gasteiger partial charge on any atom is 0.508 e. The normalized spacial score (nSPS) is 23.5. The van der Waals surface area contributed by atoms with Crippen molar-refractivity contribution in [3.63, 3.8) is 0 Å². The molecule has 2 rings (SSSR count). The Morgan fingerprint density at radius 1 is 0.909 bits per heavy atom. The van der Waals surface area contributed by atoms with E-state index in [1.807, 2.05) is 0 Å². The predicted molar refractivity (Wildman–Crippen MR) is 63.5 cm³/mol. The minimum Gasteiger partial charge on any atom is -0.458 e. The first kappa shape index (κ1) is 15.6. The van der Waals surface area contributed by atoms with Gasteiger partial charge in [-0.2, -0.15) is 0 Å². The van der Waals surface area contributed by atoms with Gasteiger partial charge in [0.1, 0.15) is 26.4 Å². The molecule has 0 radical (unpaired) electrons. The van der Waals surface area contributed by atoms with Gasteiger partial charge in [-0.25, -0.2) is 19.2 Å². The van der Waals surface area contributed by atoms with E-state index in [1.54, 1.807) is 0 Å². The largest absolute Gasteiger partial charge is 0.508 e. The number of cyclic esters (lactones) is 4. The zero-order valence-corrected chi connectivity index (χ0v) is 11.2. The first-order valence-corrected chi connectivity index (χ1v) is 6.21. The van der Waals surface area contributed by atoms with Gasteiger partial charge in [0, 0.05) is 12.2 Å². The Balaban J connectivity index is 1.60. The number of hydrogen-bond acceptors (Lipinski definition) is 10. The van der Waals surface area contributed by atoms with E-state index in [9.17, 15) is 19.2 Å². The van der Waals surface area contributed by atoms with Crippen molar-refractivity contribution >= 4 is 24.2 Å². The molecule has 0 spiro atoms. The maximum absolute atomic E-state index is 11.3. The van der Waals surface area contributed by atoms with E-state index in [1.165, 1.54) is 0 Å². The monoisotopic (exact) mass is 316 g/mol. The van der Waals surface area contributed by atoms with Crippen LogP contribution in [0.15, 0.2) is 12.2 Å². The van der Waals surface area contributed by atoms with E-state index in [2.05, 4.69) is 18.9 Å². The van der Waals surface area contributed by atoms with Crippen molar-refractivity contribution in [2.45, 2.75) is 12.2 Å². The molecule has 0 saturated carbocycles. The number of hydrogen-bond donors (Lipinski definition) is 0. The smallest absolute Gasteiger partial charge is 0.458 e. The van der Waals surface area contributed by atoms with Crippen molar-refractivity contribution in [2.75, 3.05) is 26.4 Å². The van der Waals surface area contributed by atoms with Crippen LogP contribution < -0.4 is 0 Å². The van der Waals surface area contributed by atoms with Gasteiger partial charge in [-0.05, 0) is 0 Å². The molecule has 2 aliphatic rings. The highest BCUT2D eigenvalue weighted by molar-refractivity contribution is 5.91. The summed E-state index contributed by atoms with van der Waals surface area (Å²) >= 11 is 0. The Bertz CT molecular complexity index is 452.